The van der Waals surface area contributed by atoms with Crippen molar-refractivity contribution in [2.45, 2.75) is 25.7 Å². The van der Waals surface area contributed by atoms with E-state index in [1.165, 1.54) is 0 Å². The number of hydrogen-bond donors (Lipinski definition) is 1. The van der Waals surface area contributed by atoms with Gasteiger partial charge in [0.1, 0.15) is 10.8 Å². The zero-order chi connectivity index (χ0) is 15.8. The van der Waals surface area contributed by atoms with E-state index < -0.39 is 0 Å². The van der Waals surface area contributed by atoms with Crippen LogP contribution in [0.4, 0.5) is 5.69 Å². The monoisotopic (exact) mass is 327 g/mol. The first kappa shape index (κ1) is 14.1. The van der Waals surface area contributed by atoms with Gasteiger partial charge in [-0.05, 0) is 43.4 Å². The van der Waals surface area contributed by atoms with Crippen molar-refractivity contribution in [1.29, 1.82) is 0 Å². The minimum absolute atomic E-state index is 0.243. The fourth-order valence-electron chi connectivity index (χ4n) is 2.87. The van der Waals surface area contributed by atoms with Crippen molar-refractivity contribution in [3.05, 3.63) is 52.7 Å². The van der Waals surface area contributed by atoms with Crippen LogP contribution < -0.4 is 5.32 Å². The number of rotatable bonds is 2. The summed E-state index contributed by atoms with van der Waals surface area (Å²) in [7, 11) is 0. The molecular formula is C16H14ClN5O. The van der Waals surface area contributed by atoms with E-state index >= 15 is 0 Å². The lowest BCUT2D eigenvalue weighted by atomic mass is 9.95. The van der Waals surface area contributed by atoms with Gasteiger partial charge in [-0.1, -0.05) is 11.6 Å². The fraction of sp³-hybridized carbons (Fsp3) is 0.250. The molecule has 0 aromatic carbocycles. The van der Waals surface area contributed by atoms with Crippen LogP contribution in [-0.4, -0.2) is 25.5 Å². The third-order valence-corrected chi connectivity index (χ3v) is 4.31. The van der Waals surface area contributed by atoms with Gasteiger partial charge in [-0.25, -0.2) is 14.5 Å². The van der Waals surface area contributed by atoms with Crippen LogP contribution in [0, 0.1) is 0 Å². The number of nitrogens with one attached hydrogen (secondary N) is 1. The largest absolute Gasteiger partial charge is 0.317 e. The first-order valence-electron chi connectivity index (χ1n) is 7.50. The van der Waals surface area contributed by atoms with Gasteiger partial charge in [0.15, 0.2) is 5.65 Å². The molecule has 6 nitrogen and oxygen atoms in total. The van der Waals surface area contributed by atoms with Crippen LogP contribution in [0.15, 0.2) is 30.7 Å². The smallest absolute Gasteiger partial charge is 0.258 e. The Hall–Kier alpha value is -2.47. The third kappa shape index (κ3) is 2.55. The number of amides is 1. The quantitative estimate of drug-likeness (QED) is 0.735. The molecule has 0 saturated carbocycles. The summed E-state index contributed by atoms with van der Waals surface area (Å²) in [4.78, 5) is 21.2. The average molecular weight is 328 g/mol. The van der Waals surface area contributed by atoms with Crippen molar-refractivity contribution >= 4 is 28.8 Å². The highest BCUT2D eigenvalue weighted by Gasteiger charge is 2.19. The van der Waals surface area contributed by atoms with Crippen molar-refractivity contribution in [2.75, 3.05) is 5.32 Å². The summed E-state index contributed by atoms with van der Waals surface area (Å²) >= 11 is 6.21. The van der Waals surface area contributed by atoms with E-state index in [0.717, 1.165) is 36.9 Å². The number of halogens is 1. The van der Waals surface area contributed by atoms with Gasteiger partial charge < -0.3 is 5.32 Å². The highest BCUT2D eigenvalue weighted by Crippen LogP contribution is 2.25. The summed E-state index contributed by atoms with van der Waals surface area (Å²) in [5.74, 6) is -0.295. The number of nitrogens with zero attached hydrogens (tertiary/aromatic N) is 4. The predicted molar refractivity (Wildman–Crippen MR) is 86.8 cm³/mol. The maximum atomic E-state index is 12.6. The van der Waals surface area contributed by atoms with E-state index in [9.17, 15) is 4.79 Å². The maximum absolute atomic E-state index is 12.6. The number of fused-ring (bicyclic) bond motifs is 2. The van der Waals surface area contributed by atoms with Crippen LogP contribution >= 0.6 is 11.6 Å². The molecule has 1 aliphatic carbocycles. The van der Waals surface area contributed by atoms with Gasteiger partial charge in [0.25, 0.3) is 5.91 Å². The molecule has 0 bridgehead atoms. The molecule has 0 radical (unpaired) electrons. The molecular weight excluding hydrogens is 314 g/mol. The Morgan fingerprint density at radius 2 is 2.17 bits per heavy atom. The Morgan fingerprint density at radius 3 is 3.09 bits per heavy atom. The van der Waals surface area contributed by atoms with Crippen molar-refractivity contribution in [2.24, 2.45) is 0 Å². The Morgan fingerprint density at radius 1 is 1.30 bits per heavy atom. The summed E-state index contributed by atoms with van der Waals surface area (Å²) in [5.41, 5.74) is 3.65. The lowest BCUT2D eigenvalue weighted by molar-refractivity contribution is 0.102. The van der Waals surface area contributed by atoms with Crippen LogP contribution in [0.25, 0.3) is 5.65 Å². The van der Waals surface area contributed by atoms with Gasteiger partial charge in [-0.2, -0.15) is 5.10 Å². The Labute approximate surface area is 137 Å². The van der Waals surface area contributed by atoms with Gasteiger partial charge in [-0.3, -0.25) is 4.79 Å². The number of carbonyl (C=O) groups is 1. The SMILES string of the molecule is O=C(Nc1cnn2cccnc12)c1cc2c(nc1Cl)CCCC2. The molecule has 23 heavy (non-hydrogen) atoms. The van der Waals surface area contributed by atoms with E-state index in [0.29, 0.717) is 16.9 Å². The van der Waals surface area contributed by atoms with Gasteiger partial charge in [0.2, 0.25) is 0 Å². The van der Waals surface area contributed by atoms with Crippen molar-refractivity contribution in [1.82, 2.24) is 19.6 Å². The van der Waals surface area contributed by atoms with Crippen LogP contribution in [0.1, 0.15) is 34.5 Å². The maximum Gasteiger partial charge on any atom is 0.258 e. The number of hydrogen-bond acceptors (Lipinski definition) is 4. The topological polar surface area (TPSA) is 72.2 Å². The molecule has 1 amide bonds. The Balaban J connectivity index is 1.67. The van der Waals surface area contributed by atoms with Crippen molar-refractivity contribution in [3.8, 4) is 0 Å². The normalized spacial score (nSPS) is 13.8. The molecule has 0 atom stereocenters. The van der Waals surface area contributed by atoms with Crippen molar-refractivity contribution < 1.29 is 4.79 Å². The lowest BCUT2D eigenvalue weighted by Gasteiger charge is -2.16. The minimum atomic E-state index is -0.295. The van der Waals surface area contributed by atoms with Gasteiger partial charge in [-0.15, -0.1) is 0 Å². The molecule has 0 fully saturated rings. The number of aryl methyl sites for hydroxylation is 2. The molecule has 3 aromatic heterocycles. The second-order valence-corrected chi connectivity index (χ2v) is 5.90. The number of pyridine rings is 1. The van der Waals surface area contributed by atoms with E-state index in [1.807, 2.05) is 6.07 Å². The Kier molecular flexibility index (Phi) is 3.46. The number of carbonyl (C=O) groups excluding carboxylic acids is 1. The van der Waals surface area contributed by atoms with Crippen molar-refractivity contribution in [3.63, 3.8) is 0 Å². The molecule has 0 saturated heterocycles. The first-order chi connectivity index (χ1) is 11.2. The average Bonchev–Trinajstić information content (AvgIpc) is 2.97. The van der Waals surface area contributed by atoms with Crippen LogP contribution in [0.2, 0.25) is 5.15 Å². The molecule has 4 rings (SSSR count). The summed E-state index contributed by atoms with van der Waals surface area (Å²) in [5, 5.41) is 7.21. The number of anilines is 1. The fourth-order valence-corrected chi connectivity index (χ4v) is 3.12. The van der Waals surface area contributed by atoms with E-state index in [2.05, 4.69) is 20.4 Å². The van der Waals surface area contributed by atoms with Gasteiger partial charge in [0.05, 0.1) is 11.8 Å². The molecule has 3 aromatic rings. The summed E-state index contributed by atoms with van der Waals surface area (Å²) in [6, 6.07) is 3.63. The van der Waals surface area contributed by atoms with E-state index in [-0.39, 0.29) is 11.1 Å². The van der Waals surface area contributed by atoms with Crippen LogP contribution in [0.3, 0.4) is 0 Å². The second-order valence-electron chi connectivity index (χ2n) is 5.54. The zero-order valence-electron chi connectivity index (χ0n) is 12.3. The van der Waals surface area contributed by atoms with Gasteiger partial charge >= 0.3 is 0 Å². The molecule has 1 N–H and O–H groups in total. The molecule has 1 aliphatic rings. The minimum Gasteiger partial charge on any atom is -0.317 e. The molecule has 3 heterocycles. The summed E-state index contributed by atoms with van der Waals surface area (Å²) in [6.07, 6.45) is 9.10. The summed E-state index contributed by atoms with van der Waals surface area (Å²) < 4.78 is 1.60. The second kappa shape index (κ2) is 5.62. The highest BCUT2D eigenvalue weighted by atomic mass is 35.5. The first-order valence-corrected chi connectivity index (χ1v) is 7.88. The third-order valence-electron chi connectivity index (χ3n) is 4.03. The van der Waals surface area contributed by atoms with E-state index in [4.69, 9.17) is 11.6 Å². The zero-order valence-corrected chi connectivity index (χ0v) is 13.0. The van der Waals surface area contributed by atoms with Crippen LogP contribution in [0.5, 0.6) is 0 Å². The number of aromatic nitrogens is 4. The highest BCUT2D eigenvalue weighted by molar-refractivity contribution is 6.33. The molecule has 0 spiro atoms. The summed E-state index contributed by atoms with van der Waals surface area (Å²) in [6.45, 7) is 0. The van der Waals surface area contributed by atoms with Gasteiger partial charge in [0, 0.05) is 18.1 Å². The molecule has 116 valence electrons. The molecule has 0 unspecified atom stereocenters. The lowest BCUT2D eigenvalue weighted by Crippen LogP contribution is -2.16. The standard InChI is InChI=1S/C16H14ClN5O/c17-14-11(8-10-4-1-2-5-12(10)20-14)16(23)21-13-9-19-22-7-3-6-18-15(13)22/h3,6-9H,1-2,4-5H2,(H,21,23). The molecule has 0 aliphatic heterocycles. The predicted octanol–water partition coefficient (Wildman–Crippen LogP) is 2.91. The molecule has 7 heteroatoms. The van der Waals surface area contributed by atoms with Crippen LogP contribution in [-0.2, 0) is 12.8 Å². The Bertz CT molecular complexity index is 905. The van der Waals surface area contributed by atoms with E-state index in [1.54, 1.807) is 29.2 Å².